The van der Waals surface area contributed by atoms with Crippen LogP contribution in [-0.4, -0.2) is 58.8 Å². The van der Waals surface area contributed by atoms with Gasteiger partial charge in [0.15, 0.2) is 0 Å². The van der Waals surface area contributed by atoms with Gasteiger partial charge in [0.1, 0.15) is 0 Å². The Morgan fingerprint density at radius 1 is 0.879 bits per heavy atom. The maximum absolute atomic E-state index is 12.9. The van der Waals surface area contributed by atoms with E-state index in [9.17, 15) is 18.0 Å². The SMILES string of the molecule is CCCn1c(=O)n(CCC(=O)N2CCN(S(=O)(=O)c3ccc(C)cc3)CC2)c2ccccc21. The first-order valence-electron chi connectivity index (χ1n) is 11.4. The molecule has 1 aromatic heterocycles. The number of imidazole rings is 1. The maximum atomic E-state index is 12.9. The minimum Gasteiger partial charge on any atom is -0.340 e. The molecule has 4 rings (SSSR count). The number of sulfonamides is 1. The fourth-order valence-electron chi connectivity index (χ4n) is 4.33. The van der Waals surface area contributed by atoms with E-state index in [2.05, 4.69) is 0 Å². The van der Waals surface area contributed by atoms with Crippen LogP contribution >= 0.6 is 0 Å². The smallest absolute Gasteiger partial charge is 0.329 e. The molecule has 0 unspecified atom stereocenters. The van der Waals surface area contributed by atoms with Crippen LogP contribution in [0.4, 0.5) is 0 Å². The van der Waals surface area contributed by atoms with Crippen molar-refractivity contribution in [2.24, 2.45) is 0 Å². The highest BCUT2D eigenvalue weighted by atomic mass is 32.2. The van der Waals surface area contributed by atoms with E-state index in [0.29, 0.717) is 26.2 Å². The summed E-state index contributed by atoms with van der Waals surface area (Å²) in [7, 11) is -3.57. The molecule has 3 aromatic rings. The van der Waals surface area contributed by atoms with Gasteiger partial charge in [0.05, 0.1) is 15.9 Å². The van der Waals surface area contributed by atoms with Gasteiger partial charge in [-0.15, -0.1) is 0 Å². The van der Waals surface area contributed by atoms with Crippen LogP contribution in [0.3, 0.4) is 0 Å². The Balaban J connectivity index is 1.40. The molecule has 1 fully saturated rings. The summed E-state index contributed by atoms with van der Waals surface area (Å²) in [6, 6.07) is 14.4. The number of fused-ring (bicyclic) bond motifs is 1. The van der Waals surface area contributed by atoms with Crippen LogP contribution in [-0.2, 0) is 27.9 Å². The summed E-state index contributed by atoms with van der Waals surface area (Å²) in [5.74, 6) is -0.0680. The minimum absolute atomic E-state index is 0.0680. The van der Waals surface area contributed by atoms with Crippen LogP contribution < -0.4 is 5.69 Å². The Labute approximate surface area is 194 Å². The summed E-state index contributed by atoms with van der Waals surface area (Å²) >= 11 is 0. The third-order valence-corrected chi connectivity index (χ3v) is 8.08. The molecule has 0 atom stereocenters. The van der Waals surface area contributed by atoms with Crippen molar-refractivity contribution in [2.45, 2.75) is 44.7 Å². The Morgan fingerprint density at radius 3 is 2.03 bits per heavy atom. The number of carbonyl (C=O) groups is 1. The van der Waals surface area contributed by atoms with Gasteiger partial charge in [-0.2, -0.15) is 4.31 Å². The molecule has 2 aromatic carbocycles. The summed E-state index contributed by atoms with van der Waals surface area (Å²) in [6.07, 6.45) is 1.05. The Hall–Kier alpha value is -2.91. The van der Waals surface area contributed by atoms with Crippen molar-refractivity contribution < 1.29 is 13.2 Å². The highest BCUT2D eigenvalue weighted by Gasteiger charge is 2.30. The molecule has 9 heteroatoms. The second-order valence-corrected chi connectivity index (χ2v) is 10.4. The predicted octanol–water partition coefficient (Wildman–Crippen LogP) is 2.44. The molecule has 1 amide bonds. The van der Waals surface area contributed by atoms with Gasteiger partial charge in [0, 0.05) is 45.7 Å². The number of para-hydroxylation sites is 2. The fraction of sp³-hybridized carbons (Fsp3) is 0.417. The van der Waals surface area contributed by atoms with Crippen molar-refractivity contribution >= 4 is 27.0 Å². The molecule has 1 aliphatic heterocycles. The number of carbonyl (C=O) groups excluding carboxylic acids is 1. The number of aryl methyl sites for hydroxylation is 3. The van der Waals surface area contributed by atoms with E-state index in [-0.39, 0.29) is 36.0 Å². The molecule has 0 N–H and O–H groups in total. The van der Waals surface area contributed by atoms with E-state index in [1.807, 2.05) is 38.1 Å². The molecular weight excluding hydrogens is 440 g/mol. The zero-order valence-corrected chi connectivity index (χ0v) is 19.9. The van der Waals surface area contributed by atoms with E-state index in [4.69, 9.17) is 0 Å². The fourth-order valence-corrected chi connectivity index (χ4v) is 5.75. The normalized spacial score (nSPS) is 15.3. The third kappa shape index (κ3) is 4.60. The molecule has 33 heavy (non-hydrogen) atoms. The average Bonchev–Trinajstić information content (AvgIpc) is 3.09. The number of piperazine rings is 1. The minimum atomic E-state index is -3.57. The summed E-state index contributed by atoms with van der Waals surface area (Å²) in [6.45, 7) is 6.09. The number of hydrogen-bond acceptors (Lipinski definition) is 4. The number of nitrogens with zero attached hydrogens (tertiary/aromatic N) is 4. The molecule has 8 nitrogen and oxygen atoms in total. The second kappa shape index (κ2) is 9.52. The van der Waals surface area contributed by atoms with Crippen molar-refractivity contribution in [2.75, 3.05) is 26.2 Å². The van der Waals surface area contributed by atoms with Crippen molar-refractivity contribution in [3.8, 4) is 0 Å². The summed E-state index contributed by atoms with van der Waals surface area (Å²) in [4.78, 5) is 27.7. The number of amides is 1. The average molecular weight is 471 g/mol. The van der Waals surface area contributed by atoms with Gasteiger partial charge in [-0.25, -0.2) is 13.2 Å². The number of benzene rings is 2. The highest BCUT2D eigenvalue weighted by molar-refractivity contribution is 7.89. The Bertz CT molecular complexity index is 1300. The van der Waals surface area contributed by atoms with Crippen LogP contribution in [0.2, 0.25) is 0 Å². The topological polar surface area (TPSA) is 84.6 Å². The summed E-state index contributed by atoms with van der Waals surface area (Å²) in [5, 5.41) is 0. The summed E-state index contributed by atoms with van der Waals surface area (Å²) in [5.41, 5.74) is 2.62. The van der Waals surface area contributed by atoms with Gasteiger partial charge < -0.3 is 4.90 Å². The predicted molar refractivity (Wildman–Crippen MR) is 128 cm³/mol. The molecule has 0 bridgehead atoms. The van der Waals surface area contributed by atoms with Gasteiger partial charge in [-0.05, 0) is 37.6 Å². The van der Waals surface area contributed by atoms with Crippen LogP contribution in [0.5, 0.6) is 0 Å². The lowest BCUT2D eigenvalue weighted by molar-refractivity contribution is -0.132. The zero-order chi connectivity index (χ0) is 23.6. The highest BCUT2D eigenvalue weighted by Crippen LogP contribution is 2.19. The van der Waals surface area contributed by atoms with Crippen LogP contribution in [0.1, 0.15) is 25.3 Å². The molecule has 0 saturated carbocycles. The molecule has 176 valence electrons. The number of hydrogen-bond donors (Lipinski definition) is 0. The standard InChI is InChI=1S/C24H30N4O4S/c1-3-13-27-21-6-4-5-7-22(21)28(24(27)30)14-12-23(29)25-15-17-26(18-16-25)33(31,32)20-10-8-19(2)9-11-20/h4-11H,3,12-18H2,1-2H3. The quantitative estimate of drug-likeness (QED) is 0.531. The van der Waals surface area contributed by atoms with Crippen molar-refractivity contribution in [3.05, 3.63) is 64.6 Å². The third-order valence-electron chi connectivity index (χ3n) is 6.17. The lowest BCUT2D eigenvalue weighted by atomic mass is 10.2. The largest absolute Gasteiger partial charge is 0.340 e. The van der Waals surface area contributed by atoms with E-state index in [1.165, 1.54) is 4.31 Å². The van der Waals surface area contributed by atoms with Gasteiger partial charge in [0.2, 0.25) is 15.9 Å². The van der Waals surface area contributed by atoms with Crippen LogP contribution in [0.25, 0.3) is 11.0 Å². The van der Waals surface area contributed by atoms with Crippen LogP contribution in [0, 0.1) is 6.92 Å². The van der Waals surface area contributed by atoms with Gasteiger partial charge >= 0.3 is 5.69 Å². The monoisotopic (exact) mass is 470 g/mol. The zero-order valence-electron chi connectivity index (χ0n) is 19.1. The molecule has 0 spiro atoms. The van der Waals surface area contributed by atoms with Crippen molar-refractivity contribution in [1.29, 1.82) is 0 Å². The first-order chi connectivity index (χ1) is 15.8. The maximum Gasteiger partial charge on any atom is 0.329 e. The molecule has 1 saturated heterocycles. The van der Waals surface area contributed by atoms with E-state index in [0.717, 1.165) is 23.0 Å². The number of aromatic nitrogens is 2. The second-order valence-electron chi connectivity index (χ2n) is 8.42. The summed E-state index contributed by atoms with van der Waals surface area (Å²) < 4.78 is 30.6. The first kappa shape index (κ1) is 23.3. The molecule has 1 aliphatic rings. The first-order valence-corrected chi connectivity index (χ1v) is 12.8. The van der Waals surface area contributed by atoms with Crippen molar-refractivity contribution in [3.63, 3.8) is 0 Å². The Morgan fingerprint density at radius 2 is 1.45 bits per heavy atom. The molecule has 0 radical (unpaired) electrons. The van der Waals surface area contributed by atoms with E-state index >= 15 is 0 Å². The number of rotatable bonds is 7. The van der Waals surface area contributed by atoms with Crippen LogP contribution in [0.15, 0.2) is 58.2 Å². The van der Waals surface area contributed by atoms with E-state index in [1.54, 1.807) is 38.3 Å². The van der Waals surface area contributed by atoms with E-state index < -0.39 is 10.0 Å². The molecule has 2 heterocycles. The lowest BCUT2D eigenvalue weighted by Crippen LogP contribution is -2.50. The molecular formula is C24H30N4O4S. The van der Waals surface area contributed by atoms with Gasteiger partial charge in [0.25, 0.3) is 0 Å². The van der Waals surface area contributed by atoms with Crippen molar-refractivity contribution in [1.82, 2.24) is 18.3 Å². The van der Waals surface area contributed by atoms with Gasteiger partial charge in [-0.3, -0.25) is 13.9 Å². The molecule has 0 aliphatic carbocycles. The Kier molecular flexibility index (Phi) is 6.71. The van der Waals surface area contributed by atoms with Gasteiger partial charge in [-0.1, -0.05) is 36.8 Å². The lowest BCUT2D eigenvalue weighted by Gasteiger charge is -2.34.